The van der Waals surface area contributed by atoms with Crippen molar-refractivity contribution in [1.82, 2.24) is 9.88 Å². The average molecular weight is 494 g/mol. The van der Waals surface area contributed by atoms with Gasteiger partial charge in [-0.25, -0.2) is 9.78 Å². The average Bonchev–Trinajstić information content (AvgIpc) is 3.13. The zero-order valence-electron chi connectivity index (χ0n) is 19.1. The van der Waals surface area contributed by atoms with Crippen LogP contribution in [0.2, 0.25) is 0 Å². The number of ether oxygens (including phenoxy) is 2. The van der Waals surface area contributed by atoms with E-state index in [1.807, 2.05) is 30.3 Å². The summed E-state index contributed by atoms with van der Waals surface area (Å²) in [6, 6.07) is 15.7. The van der Waals surface area contributed by atoms with E-state index in [0.29, 0.717) is 23.6 Å². The van der Waals surface area contributed by atoms with Crippen LogP contribution in [-0.4, -0.2) is 52.7 Å². The molecule has 0 spiro atoms. The Balaban J connectivity index is 1.49. The zero-order chi connectivity index (χ0) is 24.9. The summed E-state index contributed by atoms with van der Waals surface area (Å²) in [5.41, 5.74) is 2.35. The van der Waals surface area contributed by atoms with Gasteiger partial charge in [-0.15, -0.1) is 11.8 Å². The van der Waals surface area contributed by atoms with Crippen LogP contribution in [0, 0.1) is 0 Å². The molecular formula is C25H23N3O6S. The van der Waals surface area contributed by atoms with Crippen LogP contribution in [0.15, 0.2) is 60.8 Å². The van der Waals surface area contributed by atoms with Crippen LogP contribution in [0.3, 0.4) is 0 Å². The van der Waals surface area contributed by atoms with Gasteiger partial charge in [0.2, 0.25) is 5.91 Å². The summed E-state index contributed by atoms with van der Waals surface area (Å²) in [5.74, 6) is -0.0284. The van der Waals surface area contributed by atoms with Crippen molar-refractivity contribution in [3.63, 3.8) is 0 Å². The largest absolute Gasteiger partial charge is 0.493 e. The number of carbonyl (C=O) groups is 3. The highest BCUT2D eigenvalue weighted by Crippen LogP contribution is 2.42. The predicted octanol–water partition coefficient (Wildman–Crippen LogP) is 3.82. The number of aromatic nitrogens is 1. The molecule has 0 bridgehead atoms. The standard InChI is InChI=1S/C25H23N3O6S/c1-33-19-9-7-15(11-20(19)34-2)13-28-23(30)17-5-3-4-6-18(17)24(28)35-14-22(29)27-21-10-8-16(12-26-21)25(31)32/h3-12,24H,13-14H2,1-2H3,(H,31,32)(H,26,27,29). The minimum Gasteiger partial charge on any atom is -0.493 e. The summed E-state index contributed by atoms with van der Waals surface area (Å²) in [5, 5.41) is 11.3. The number of nitrogens with zero attached hydrogens (tertiary/aromatic N) is 2. The van der Waals surface area contributed by atoms with E-state index in [9.17, 15) is 14.4 Å². The molecule has 9 nitrogen and oxygen atoms in total. The first kappa shape index (κ1) is 24.1. The topological polar surface area (TPSA) is 118 Å². The van der Waals surface area contributed by atoms with Gasteiger partial charge in [-0.3, -0.25) is 9.59 Å². The molecule has 180 valence electrons. The van der Waals surface area contributed by atoms with Crippen molar-refractivity contribution in [2.75, 3.05) is 25.3 Å². The van der Waals surface area contributed by atoms with E-state index in [1.54, 1.807) is 31.3 Å². The van der Waals surface area contributed by atoms with Gasteiger partial charge in [-0.05, 0) is 41.5 Å². The number of nitrogens with one attached hydrogen (secondary N) is 1. The highest BCUT2D eigenvalue weighted by molar-refractivity contribution is 8.00. The van der Waals surface area contributed by atoms with Gasteiger partial charge in [0.1, 0.15) is 11.2 Å². The van der Waals surface area contributed by atoms with Gasteiger partial charge in [-0.1, -0.05) is 24.3 Å². The molecule has 1 atom stereocenters. The molecule has 0 fully saturated rings. The zero-order valence-corrected chi connectivity index (χ0v) is 19.9. The third-order valence-electron chi connectivity index (χ3n) is 5.45. The Labute approximate surface area is 206 Å². The lowest BCUT2D eigenvalue weighted by molar-refractivity contribution is -0.113. The molecule has 1 aliphatic rings. The van der Waals surface area contributed by atoms with E-state index in [1.165, 1.54) is 30.1 Å². The van der Waals surface area contributed by atoms with Gasteiger partial charge in [-0.2, -0.15) is 0 Å². The number of fused-ring (bicyclic) bond motifs is 1. The minimum absolute atomic E-state index is 0.0317. The van der Waals surface area contributed by atoms with E-state index in [4.69, 9.17) is 14.6 Å². The molecular weight excluding hydrogens is 470 g/mol. The lowest BCUT2D eigenvalue weighted by Crippen LogP contribution is -2.27. The van der Waals surface area contributed by atoms with Gasteiger partial charge in [0.15, 0.2) is 11.5 Å². The highest BCUT2D eigenvalue weighted by atomic mass is 32.2. The summed E-state index contributed by atoms with van der Waals surface area (Å²) in [6.45, 7) is 0.325. The highest BCUT2D eigenvalue weighted by Gasteiger charge is 2.37. The number of hydrogen-bond acceptors (Lipinski definition) is 7. The molecule has 4 rings (SSSR count). The number of carboxylic acid groups (broad SMARTS) is 1. The van der Waals surface area contributed by atoms with Crippen molar-refractivity contribution in [2.45, 2.75) is 11.9 Å². The normalized spacial score (nSPS) is 14.4. The third kappa shape index (κ3) is 5.22. The molecule has 1 aromatic heterocycles. The number of pyridine rings is 1. The number of carboxylic acids is 1. The number of thioether (sulfide) groups is 1. The molecule has 0 aliphatic carbocycles. The van der Waals surface area contributed by atoms with Crippen LogP contribution < -0.4 is 14.8 Å². The SMILES string of the molecule is COc1ccc(CN2C(=O)c3ccccc3C2SCC(=O)Nc2ccc(C(=O)O)cn2)cc1OC. The molecule has 0 radical (unpaired) electrons. The maximum Gasteiger partial charge on any atom is 0.337 e. The summed E-state index contributed by atoms with van der Waals surface area (Å²) in [6.07, 6.45) is 1.18. The number of rotatable bonds is 9. The first-order valence-electron chi connectivity index (χ1n) is 10.6. The summed E-state index contributed by atoms with van der Waals surface area (Å²) >= 11 is 1.33. The van der Waals surface area contributed by atoms with Crippen molar-refractivity contribution in [3.8, 4) is 11.5 Å². The fourth-order valence-electron chi connectivity index (χ4n) is 3.77. The van der Waals surface area contributed by atoms with Crippen LogP contribution >= 0.6 is 11.8 Å². The number of methoxy groups -OCH3 is 2. The molecule has 3 aromatic rings. The molecule has 0 saturated heterocycles. The number of hydrogen-bond donors (Lipinski definition) is 2. The van der Waals surface area contributed by atoms with Gasteiger partial charge >= 0.3 is 5.97 Å². The molecule has 2 aromatic carbocycles. The van der Waals surface area contributed by atoms with Crippen molar-refractivity contribution < 1.29 is 29.0 Å². The van der Waals surface area contributed by atoms with Gasteiger partial charge in [0.25, 0.3) is 5.91 Å². The van der Waals surface area contributed by atoms with E-state index >= 15 is 0 Å². The van der Waals surface area contributed by atoms with E-state index in [0.717, 1.165) is 11.1 Å². The van der Waals surface area contributed by atoms with Crippen molar-refractivity contribution in [2.24, 2.45) is 0 Å². The van der Waals surface area contributed by atoms with Crippen LogP contribution in [0.5, 0.6) is 11.5 Å². The number of aromatic carboxylic acids is 1. The van der Waals surface area contributed by atoms with Crippen LogP contribution in [-0.2, 0) is 11.3 Å². The molecule has 0 saturated carbocycles. The second kappa shape index (κ2) is 10.5. The van der Waals surface area contributed by atoms with Crippen molar-refractivity contribution in [1.29, 1.82) is 0 Å². The molecule has 1 aliphatic heterocycles. The number of benzene rings is 2. The first-order valence-corrected chi connectivity index (χ1v) is 11.7. The Hall–Kier alpha value is -4.05. The second-order valence-electron chi connectivity index (χ2n) is 7.66. The Bertz CT molecular complexity index is 1260. The summed E-state index contributed by atoms with van der Waals surface area (Å²) in [4.78, 5) is 42.4. The third-order valence-corrected chi connectivity index (χ3v) is 6.71. The number of carbonyl (C=O) groups excluding carboxylic acids is 2. The maximum atomic E-state index is 13.2. The van der Waals surface area contributed by atoms with E-state index in [2.05, 4.69) is 10.3 Å². The smallest absolute Gasteiger partial charge is 0.337 e. The van der Waals surface area contributed by atoms with E-state index < -0.39 is 5.97 Å². The molecule has 10 heteroatoms. The molecule has 2 heterocycles. The lowest BCUT2D eigenvalue weighted by Gasteiger charge is -2.25. The van der Waals surface area contributed by atoms with Crippen LogP contribution in [0.25, 0.3) is 0 Å². The maximum absolute atomic E-state index is 13.2. The number of anilines is 1. The number of amides is 2. The van der Waals surface area contributed by atoms with Gasteiger partial charge < -0.3 is 24.8 Å². The fourth-order valence-corrected chi connectivity index (χ4v) is 4.89. The Kier molecular flexibility index (Phi) is 7.21. The van der Waals surface area contributed by atoms with Crippen LogP contribution in [0.1, 0.15) is 37.2 Å². The van der Waals surface area contributed by atoms with Crippen LogP contribution in [0.4, 0.5) is 5.82 Å². The monoisotopic (exact) mass is 493 g/mol. The van der Waals surface area contributed by atoms with Gasteiger partial charge in [0, 0.05) is 18.3 Å². The molecule has 2 amide bonds. The summed E-state index contributed by atoms with van der Waals surface area (Å²) < 4.78 is 10.7. The minimum atomic E-state index is -1.09. The Morgan fingerprint density at radius 2 is 1.86 bits per heavy atom. The van der Waals surface area contributed by atoms with Crippen molar-refractivity contribution >= 4 is 35.4 Å². The fraction of sp³-hybridized carbons (Fsp3) is 0.200. The Morgan fingerprint density at radius 1 is 1.09 bits per heavy atom. The molecule has 35 heavy (non-hydrogen) atoms. The van der Waals surface area contributed by atoms with E-state index in [-0.39, 0.29) is 34.3 Å². The Morgan fingerprint density at radius 3 is 2.54 bits per heavy atom. The molecule has 2 N–H and O–H groups in total. The summed E-state index contributed by atoms with van der Waals surface area (Å²) in [7, 11) is 3.12. The predicted molar refractivity (Wildman–Crippen MR) is 131 cm³/mol. The second-order valence-corrected chi connectivity index (χ2v) is 8.73. The quantitative estimate of drug-likeness (QED) is 0.462. The van der Waals surface area contributed by atoms with Crippen molar-refractivity contribution in [3.05, 3.63) is 83.0 Å². The first-order chi connectivity index (χ1) is 16.9. The lowest BCUT2D eigenvalue weighted by atomic mass is 10.1. The molecule has 1 unspecified atom stereocenters. The van der Waals surface area contributed by atoms with Gasteiger partial charge in [0.05, 0.1) is 25.5 Å².